The van der Waals surface area contributed by atoms with Crippen molar-refractivity contribution in [2.75, 3.05) is 19.0 Å². The van der Waals surface area contributed by atoms with Crippen molar-refractivity contribution < 1.29 is 22.6 Å². The molecule has 1 N–H and O–H groups in total. The van der Waals surface area contributed by atoms with Gasteiger partial charge < -0.3 is 14.8 Å². The summed E-state index contributed by atoms with van der Waals surface area (Å²) in [6, 6.07) is 8.64. The Balaban J connectivity index is 1.40. The van der Waals surface area contributed by atoms with Crippen LogP contribution in [0.25, 0.3) is 10.2 Å². The Labute approximate surface area is 190 Å². The minimum atomic E-state index is -4.53. The standard InChI is InChI=1S/C21H16ClF3N4O2S/c1-30-16-8-13(21(23,24)25)9-17(29-16)31-14-4-2-12(3-5-14)6-7-26-19-18-15(22)10-32-20(18)28-11-27-19/h2-5,8-11H,6-7H2,1H3,(H,26,27,28). The second-order valence-corrected chi connectivity index (χ2v) is 7.91. The van der Waals surface area contributed by atoms with Gasteiger partial charge in [-0.2, -0.15) is 18.2 Å². The predicted molar refractivity (Wildman–Crippen MR) is 117 cm³/mol. The van der Waals surface area contributed by atoms with Crippen LogP contribution in [0.3, 0.4) is 0 Å². The van der Waals surface area contributed by atoms with E-state index in [4.69, 9.17) is 21.1 Å². The fourth-order valence-corrected chi connectivity index (χ4v) is 4.08. The summed E-state index contributed by atoms with van der Waals surface area (Å²) >= 11 is 7.66. The minimum Gasteiger partial charge on any atom is -0.481 e. The average Bonchev–Trinajstić information content (AvgIpc) is 3.16. The molecule has 32 heavy (non-hydrogen) atoms. The molecule has 1 aromatic carbocycles. The lowest BCUT2D eigenvalue weighted by molar-refractivity contribution is -0.137. The molecule has 0 bridgehead atoms. The van der Waals surface area contributed by atoms with Crippen LogP contribution in [0.15, 0.2) is 48.1 Å². The largest absolute Gasteiger partial charge is 0.481 e. The molecule has 0 radical (unpaired) electrons. The lowest BCUT2D eigenvalue weighted by Gasteiger charge is -2.12. The van der Waals surface area contributed by atoms with Gasteiger partial charge in [0.15, 0.2) is 0 Å². The molecule has 0 unspecified atom stereocenters. The third-order valence-corrected chi connectivity index (χ3v) is 5.81. The maximum absolute atomic E-state index is 13.0. The number of hydrogen-bond donors (Lipinski definition) is 1. The molecule has 3 aromatic heterocycles. The van der Waals surface area contributed by atoms with Gasteiger partial charge in [0, 0.05) is 24.1 Å². The molecule has 0 saturated heterocycles. The van der Waals surface area contributed by atoms with Crippen LogP contribution < -0.4 is 14.8 Å². The van der Waals surface area contributed by atoms with Crippen LogP contribution in [0.4, 0.5) is 19.0 Å². The molecule has 4 aromatic rings. The number of methoxy groups -OCH3 is 1. The number of ether oxygens (including phenoxy) is 2. The zero-order valence-corrected chi connectivity index (χ0v) is 18.2. The number of rotatable bonds is 7. The normalized spacial score (nSPS) is 11.5. The van der Waals surface area contributed by atoms with Gasteiger partial charge in [-0.25, -0.2) is 9.97 Å². The van der Waals surface area contributed by atoms with Gasteiger partial charge in [0.25, 0.3) is 0 Å². The number of hydrogen-bond acceptors (Lipinski definition) is 7. The van der Waals surface area contributed by atoms with Crippen molar-refractivity contribution >= 4 is 39.0 Å². The zero-order chi connectivity index (χ0) is 22.7. The number of benzene rings is 1. The molecule has 3 heterocycles. The molecule has 0 spiro atoms. The summed E-state index contributed by atoms with van der Waals surface area (Å²) < 4.78 is 49.5. The van der Waals surface area contributed by atoms with E-state index in [1.807, 2.05) is 17.5 Å². The van der Waals surface area contributed by atoms with Gasteiger partial charge in [-0.15, -0.1) is 11.3 Å². The van der Waals surface area contributed by atoms with Gasteiger partial charge in [-0.3, -0.25) is 0 Å². The Morgan fingerprint density at radius 2 is 1.84 bits per heavy atom. The summed E-state index contributed by atoms with van der Waals surface area (Å²) in [5.74, 6) is 0.650. The lowest BCUT2D eigenvalue weighted by atomic mass is 10.1. The lowest BCUT2D eigenvalue weighted by Crippen LogP contribution is -2.07. The number of nitrogens with zero attached hydrogens (tertiary/aromatic N) is 3. The summed E-state index contributed by atoms with van der Waals surface area (Å²) in [6.45, 7) is 0.602. The van der Waals surface area contributed by atoms with Crippen molar-refractivity contribution in [3.05, 3.63) is 64.3 Å². The third kappa shape index (κ3) is 5.03. The van der Waals surface area contributed by atoms with E-state index in [0.29, 0.717) is 29.6 Å². The van der Waals surface area contributed by atoms with Crippen LogP contribution in [-0.2, 0) is 12.6 Å². The highest BCUT2D eigenvalue weighted by atomic mass is 35.5. The summed E-state index contributed by atoms with van der Waals surface area (Å²) in [6.07, 6.45) is -2.36. The molecule has 0 saturated carbocycles. The van der Waals surface area contributed by atoms with Gasteiger partial charge in [-0.1, -0.05) is 23.7 Å². The second-order valence-electron chi connectivity index (χ2n) is 6.64. The SMILES string of the molecule is COc1cc(C(F)(F)F)cc(Oc2ccc(CCNc3ncnc4scc(Cl)c34)cc2)n1. The zero-order valence-electron chi connectivity index (χ0n) is 16.6. The number of nitrogens with one attached hydrogen (secondary N) is 1. The molecular formula is C21H16ClF3N4O2S. The van der Waals surface area contributed by atoms with Gasteiger partial charge in [0.1, 0.15) is 22.7 Å². The molecule has 0 aliphatic heterocycles. The van der Waals surface area contributed by atoms with Crippen molar-refractivity contribution in [3.63, 3.8) is 0 Å². The van der Waals surface area contributed by atoms with E-state index in [2.05, 4.69) is 20.3 Å². The molecule has 0 aliphatic rings. The van der Waals surface area contributed by atoms with Crippen molar-refractivity contribution in [2.45, 2.75) is 12.6 Å². The van der Waals surface area contributed by atoms with Crippen LogP contribution in [0.2, 0.25) is 5.02 Å². The van der Waals surface area contributed by atoms with E-state index < -0.39 is 11.7 Å². The molecule has 0 aliphatic carbocycles. The highest BCUT2D eigenvalue weighted by Crippen LogP contribution is 2.35. The van der Waals surface area contributed by atoms with Gasteiger partial charge in [-0.05, 0) is 24.1 Å². The summed E-state index contributed by atoms with van der Waals surface area (Å²) in [7, 11) is 1.24. The van der Waals surface area contributed by atoms with E-state index in [-0.39, 0.29) is 11.8 Å². The average molecular weight is 481 g/mol. The third-order valence-electron chi connectivity index (χ3n) is 4.49. The molecule has 166 valence electrons. The first-order valence-electron chi connectivity index (χ1n) is 9.35. The van der Waals surface area contributed by atoms with E-state index in [1.54, 1.807) is 12.1 Å². The van der Waals surface area contributed by atoms with Crippen LogP contribution in [0, 0.1) is 0 Å². The Morgan fingerprint density at radius 3 is 2.56 bits per heavy atom. The maximum atomic E-state index is 13.0. The molecule has 0 atom stereocenters. The molecular weight excluding hydrogens is 465 g/mol. The first kappa shape index (κ1) is 22.1. The van der Waals surface area contributed by atoms with E-state index in [1.165, 1.54) is 24.8 Å². The van der Waals surface area contributed by atoms with Crippen LogP contribution in [0.5, 0.6) is 17.5 Å². The number of halogens is 4. The van der Waals surface area contributed by atoms with Crippen LogP contribution in [0.1, 0.15) is 11.1 Å². The fraction of sp³-hybridized carbons (Fsp3) is 0.190. The van der Waals surface area contributed by atoms with Crippen molar-refractivity contribution in [1.82, 2.24) is 15.0 Å². The molecule has 6 nitrogen and oxygen atoms in total. The Bertz CT molecular complexity index is 1230. The highest BCUT2D eigenvalue weighted by Gasteiger charge is 2.32. The number of aromatic nitrogens is 3. The topological polar surface area (TPSA) is 69.2 Å². The monoisotopic (exact) mass is 480 g/mol. The van der Waals surface area contributed by atoms with Crippen molar-refractivity contribution in [3.8, 4) is 17.5 Å². The maximum Gasteiger partial charge on any atom is 0.416 e. The highest BCUT2D eigenvalue weighted by molar-refractivity contribution is 7.17. The number of thiophene rings is 1. The van der Waals surface area contributed by atoms with Crippen molar-refractivity contribution in [2.24, 2.45) is 0 Å². The summed E-state index contributed by atoms with van der Waals surface area (Å²) in [5.41, 5.74) is 0.104. The first-order chi connectivity index (χ1) is 15.3. The number of fused-ring (bicyclic) bond motifs is 1. The number of alkyl halides is 3. The smallest absolute Gasteiger partial charge is 0.416 e. The van der Waals surface area contributed by atoms with E-state index in [9.17, 15) is 13.2 Å². The molecule has 0 fully saturated rings. The van der Waals surface area contributed by atoms with Crippen LogP contribution in [-0.4, -0.2) is 28.6 Å². The number of pyridine rings is 1. The quantitative estimate of drug-likeness (QED) is 0.339. The first-order valence-corrected chi connectivity index (χ1v) is 10.6. The van der Waals surface area contributed by atoms with E-state index >= 15 is 0 Å². The number of anilines is 1. The fourth-order valence-electron chi connectivity index (χ4n) is 2.95. The van der Waals surface area contributed by atoms with E-state index in [0.717, 1.165) is 27.9 Å². The van der Waals surface area contributed by atoms with Gasteiger partial charge in [0.2, 0.25) is 11.8 Å². The molecule has 4 rings (SSSR count). The van der Waals surface area contributed by atoms with Gasteiger partial charge >= 0.3 is 6.18 Å². The Morgan fingerprint density at radius 1 is 1.09 bits per heavy atom. The molecule has 0 amide bonds. The Kier molecular flexibility index (Phi) is 6.33. The predicted octanol–water partition coefficient (Wildman–Crippen LogP) is 6.21. The van der Waals surface area contributed by atoms with Gasteiger partial charge in [0.05, 0.1) is 23.1 Å². The minimum absolute atomic E-state index is 0.179. The molecule has 11 heteroatoms. The second kappa shape index (κ2) is 9.17. The summed E-state index contributed by atoms with van der Waals surface area (Å²) in [4.78, 5) is 13.2. The Hall–Kier alpha value is -3.11. The summed E-state index contributed by atoms with van der Waals surface area (Å²) in [5, 5.41) is 6.48. The van der Waals surface area contributed by atoms with Crippen molar-refractivity contribution in [1.29, 1.82) is 0 Å². The van der Waals surface area contributed by atoms with Crippen LogP contribution >= 0.6 is 22.9 Å².